The molecule has 2 fully saturated rings. The number of ether oxygens (including phenoxy) is 1. The Morgan fingerprint density at radius 2 is 1.89 bits per heavy atom. The van der Waals surface area contributed by atoms with Gasteiger partial charge in [-0.3, -0.25) is 9.89 Å². The van der Waals surface area contributed by atoms with Gasteiger partial charge in [-0.25, -0.2) is 4.98 Å². The molecule has 0 bridgehead atoms. The number of hydrogen-bond acceptors (Lipinski definition) is 5. The fraction of sp³-hybridized carbons (Fsp3) is 0.700. The lowest BCUT2D eigenvalue weighted by Gasteiger charge is -2.39. The van der Waals surface area contributed by atoms with Crippen molar-refractivity contribution in [3.63, 3.8) is 0 Å². The van der Waals surface area contributed by atoms with E-state index in [2.05, 4.69) is 49.9 Å². The van der Waals surface area contributed by atoms with Crippen LogP contribution in [0.1, 0.15) is 13.8 Å². The molecule has 0 aliphatic carbocycles. The first-order valence-corrected chi connectivity index (χ1v) is 10.1. The van der Waals surface area contributed by atoms with Gasteiger partial charge in [-0.15, -0.1) is 0 Å². The summed E-state index contributed by atoms with van der Waals surface area (Å²) in [6.45, 7) is 13.1. The average molecular weight is 375 g/mol. The summed E-state index contributed by atoms with van der Waals surface area (Å²) in [5, 5.41) is 3.63. The van der Waals surface area contributed by atoms with Gasteiger partial charge in [0.1, 0.15) is 5.82 Å². The van der Waals surface area contributed by atoms with Crippen molar-refractivity contribution >= 4 is 11.8 Å². The number of hydrogen-bond donors (Lipinski definition) is 1. The van der Waals surface area contributed by atoms with Gasteiger partial charge in [0, 0.05) is 65.1 Å². The molecule has 0 spiro atoms. The average Bonchev–Trinajstić information content (AvgIpc) is 2.72. The molecule has 7 nitrogen and oxygen atoms in total. The predicted octanol–water partition coefficient (Wildman–Crippen LogP) is 1.14. The first kappa shape index (κ1) is 19.9. The largest absolute Gasteiger partial charge is 0.379 e. The minimum atomic E-state index is 0.500. The molecule has 0 saturated carbocycles. The van der Waals surface area contributed by atoms with Crippen LogP contribution in [0.4, 0.5) is 5.82 Å². The maximum atomic E-state index is 5.51. The highest BCUT2D eigenvalue weighted by molar-refractivity contribution is 5.80. The summed E-state index contributed by atoms with van der Waals surface area (Å²) in [7, 11) is 1.88. The molecular formula is C20H34N6O. The summed E-state index contributed by atoms with van der Waals surface area (Å²) in [6.07, 6.45) is 1.86. The number of nitrogens with one attached hydrogen (secondary N) is 1. The van der Waals surface area contributed by atoms with Gasteiger partial charge in [-0.05, 0) is 18.1 Å². The zero-order chi connectivity index (χ0) is 19.1. The number of aromatic nitrogens is 1. The van der Waals surface area contributed by atoms with Crippen LogP contribution in [0.15, 0.2) is 29.4 Å². The van der Waals surface area contributed by atoms with Crippen molar-refractivity contribution < 1.29 is 4.74 Å². The second-order valence-corrected chi connectivity index (χ2v) is 7.55. The van der Waals surface area contributed by atoms with Crippen molar-refractivity contribution in [1.29, 1.82) is 0 Å². The van der Waals surface area contributed by atoms with Crippen LogP contribution in [0.3, 0.4) is 0 Å². The lowest BCUT2D eigenvalue weighted by Crippen LogP contribution is -2.56. The number of aliphatic imine (C=N–C) groups is 1. The van der Waals surface area contributed by atoms with E-state index in [0.717, 1.165) is 70.8 Å². The zero-order valence-electron chi connectivity index (χ0n) is 17.0. The monoisotopic (exact) mass is 374 g/mol. The van der Waals surface area contributed by atoms with Crippen LogP contribution in [0.5, 0.6) is 0 Å². The van der Waals surface area contributed by atoms with E-state index in [0.29, 0.717) is 12.0 Å². The second-order valence-electron chi connectivity index (χ2n) is 7.55. The van der Waals surface area contributed by atoms with E-state index >= 15 is 0 Å². The Labute approximate surface area is 163 Å². The van der Waals surface area contributed by atoms with Gasteiger partial charge >= 0.3 is 0 Å². The third-order valence-electron chi connectivity index (χ3n) is 5.52. The Bertz CT molecular complexity index is 579. The summed E-state index contributed by atoms with van der Waals surface area (Å²) in [6, 6.07) is 6.59. The number of guanidine groups is 1. The topological polar surface area (TPSA) is 56.2 Å². The fourth-order valence-electron chi connectivity index (χ4n) is 3.91. The van der Waals surface area contributed by atoms with Crippen LogP contribution in [0.25, 0.3) is 0 Å². The molecule has 1 N–H and O–H groups in total. The molecule has 27 heavy (non-hydrogen) atoms. The fourth-order valence-corrected chi connectivity index (χ4v) is 3.91. The molecule has 1 atom stereocenters. The minimum absolute atomic E-state index is 0.500. The zero-order valence-corrected chi connectivity index (χ0v) is 17.0. The van der Waals surface area contributed by atoms with Gasteiger partial charge < -0.3 is 19.9 Å². The number of morpholine rings is 1. The van der Waals surface area contributed by atoms with E-state index in [9.17, 15) is 0 Å². The highest BCUT2D eigenvalue weighted by Crippen LogP contribution is 2.14. The molecule has 0 amide bonds. The Morgan fingerprint density at radius 1 is 1.15 bits per heavy atom. The molecule has 150 valence electrons. The Kier molecular flexibility index (Phi) is 7.29. The summed E-state index contributed by atoms with van der Waals surface area (Å²) in [4.78, 5) is 16.3. The number of piperazine rings is 1. The van der Waals surface area contributed by atoms with Gasteiger partial charge in [0.25, 0.3) is 0 Å². The molecule has 0 radical (unpaired) electrons. The lowest BCUT2D eigenvalue weighted by molar-refractivity contribution is 0.00739. The van der Waals surface area contributed by atoms with E-state index in [1.807, 2.05) is 25.4 Å². The summed E-state index contributed by atoms with van der Waals surface area (Å²) < 4.78 is 5.51. The summed E-state index contributed by atoms with van der Waals surface area (Å²) in [5.41, 5.74) is 0. The van der Waals surface area contributed by atoms with Crippen LogP contribution in [-0.2, 0) is 4.74 Å². The van der Waals surface area contributed by atoms with Crippen LogP contribution < -0.4 is 10.2 Å². The highest BCUT2D eigenvalue weighted by atomic mass is 16.5. The van der Waals surface area contributed by atoms with Gasteiger partial charge in [-0.1, -0.05) is 19.9 Å². The molecule has 1 aromatic rings. The minimum Gasteiger partial charge on any atom is -0.379 e. The van der Waals surface area contributed by atoms with E-state index in [1.165, 1.54) is 0 Å². The van der Waals surface area contributed by atoms with Gasteiger partial charge in [0.15, 0.2) is 5.96 Å². The van der Waals surface area contributed by atoms with Crippen molar-refractivity contribution in [2.75, 3.05) is 71.0 Å². The van der Waals surface area contributed by atoms with E-state index in [-0.39, 0.29) is 0 Å². The van der Waals surface area contributed by atoms with Crippen LogP contribution >= 0.6 is 0 Å². The Balaban J connectivity index is 1.51. The normalized spacial score (nSPS) is 20.8. The number of nitrogens with zero attached hydrogens (tertiary/aromatic N) is 5. The smallest absolute Gasteiger partial charge is 0.193 e. The molecule has 7 heteroatoms. The van der Waals surface area contributed by atoms with Crippen LogP contribution in [0, 0.1) is 5.92 Å². The van der Waals surface area contributed by atoms with Gasteiger partial charge in [-0.2, -0.15) is 0 Å². The van der Waals surface area contributed by atoms with Crippen molar-refractivity contribution in [2.45, 2.75) is 19.9 Å². The number of rotatable bonds is 5. The maximum Gasteiger partial charge on any atom is 0.193 e. The van der Waals surface area contributed by atoms with Gasteiger partial charge in [0.2, 0.25) is 0 Å². The van der Waals surface area contributed by atoms with Crippen LogP contribution in [0.2, 0.25) is 0 Å². The maximum absolute atomic E-state index is 5.51. The summed E-state index contributed by atoms with van der Waals surface area (Å²) >= 11 is 0. The SMILES string of the molecule is CN=C(NCC(C(C)C)N1CCOCC1)N1CCN(c2ccccn2)CC1. The van der Waals surface area contributed by atoms with E-state index in [1.54, 1.807) is 0 Å². The third kappa shape index (κ3) is 5.32. The standard InChI is InChI=1S/C20H34N6O/c1-17(2)18(24-12-14-27-15-13-24)16-23-20(21-3)26-10-8-25(9-11-26)19-6-4-5-7-22-19/h4-7,17-18H,8-16H2,1-3H3,(H,21,23). The van der Waals surface area contributed by atoms with Crippen molar-refractivity contribution in [3.05, 3.63) is 24.4 Å². The number of pyridine rings is 1. The lowest BCUT2D eigenvalue weighted by atomic mass is 10.0. The highest BCUT2D eigenvalue weighted by Gasteiger charge is 2.25. The quantitative estimate of drug-likeness (QED) is 0.616. The molecule has 1 unspecified atom stereocenters. The van der Waals surface area contributed by atoms with Crippen molar-refractivity contribution in [1.82, 2.24) is 20.1 Å². The Morgan fingerprint density at radius 3 is 2.48 bits per heavy atom. The van der Waals surface area contributed by atoms with Crippen molar-refractivity contribution in [3.8, 4) is 0 Å². The molecule has 0 aromatic carbocycles. The first-order chi connectivity index (χ1) is 13.2. The Hall–Kier alpha value is -1.86. The first-order valence-electron chi connectivity index (χ1n) is 10.1. The predicted molar refractivity (Wildman–Crippen MR) is 110 cm³/mol. The molecule has 3 rings (SSSR count). The van der Waals surface area contributed by atoms with Crippen LogP contribution in [-0.4, -0.2) is 92.9 Å². The molecule has 3 heterocycles. The van der Waals surface area contributed by atoms with E-state index < -0.39 is 0 Å². The second kappa shape index (κ2) is 9.90. The summed E-state index contributed by atoms with van der Waals surface area (Å²) in [5.74, 6) is 2.66. The molecule has 2 aliphatic rings. The molecule has 2 aliphatic heterocycles. The molecule has 2 saturated heterocycles. The third-order valence-corrected chi connectivity index (χ3v) is 5.52. The number of anilines is 1. The molecule has 1 aromatic heterocycles. The van der Waals surface area contributed by atoms with Crippen molar-refractivity contribution in [2.24, 2.45) is 10.9 Å². The van der Waals surface area contributed by atoms with Gasteiger partial charge in [0.05, 0.1) is 13.2 Å². The van der Waals surface area contributed by atoms with E-state index in [4.69, 9.17) is 4.74 Å². The molecular weight excluding hydrogens is 340 g/mol.